The van der Waals surface area contributed by atoms with Gasteiger partial charge >= 0.3 is 0 Å². The zero-order valence-electron chi connectivity index (χ0n) is 13.1. The highest BCUT2D eigenvalue weighted by atomic mass is 15.1. The van der Waals surface area contributed by atoms with Crippen molar-refractivity contribution < 1.29 is 0 Å². The second-order valence-corrected chi connectivity index (χ2v) is 5.68. The van der Waals surface area contributed by atoms with Crippen molar-refractivity contribution in [1.82, 2.24) is 30.1 Å². The number of fused-ring (bicyclic) bond motifs is 2. The Kier molecular flexibility index (Phi) is 2.96. The van der Waals surface area contributed by atoms with Gasteiger partial charge in [0.05, 0.1) is 17.1 Å². The minimum atomic E-state index is 0.751. The van der Waals surface area contributed by atoms with Gasteiger partial charge in [0.1, 0.15) is 17.8 Å². The van der Waals surface area contributed by atoms with E-state index in [0.717, 1.165) is 44.6 Å². The van der Waals surface area contributed by atoms with Crippen LogP contribution in [0, 0.1) is 0 Å². The van der Waals surface area contributed by atoms with Crippen molar-refractivity contribution in [3.05, 3.63) is 61.4 Å². The number of rotatable bonds is 3. The summed E-state index contributed by atoms with van der Waals surface area (Å²) in [6.07, 6.45) is 8.84. The van der Waals surface area contributed by atoms with E-state index in [1.807, 2.05) is 36.5 Å². The molecule has 1 aromatic carbocycles. The average molecular weight is 327 g/mol. The van der Waals surface area contributed by atoms with Gasteiger partial charge in [0.2, 0.25) is 0 Å². The predicted molar refractivity (Wildman–Crippen MR) is 96.5 cm³/mol. The Morgan fingerprint density at radius 2 is 1.92 bits per heavy atom. The number of hydrogen-bond acceptors (Lipinski definition) is 5. The van der Waals surface area contributed by atoms with E-state index >= 15 is 0 Å². The summed E-state index contributed by atoms with van der Waals surface area (Å²) in [5, 5.41) is 12.4. The summed E-state index contributed by atoms with van der Waals surface area (Å²) in [5.74, 6) is 0.751. The molecule has 4 heterocycles. The van der Waals surface area contributed by atoms with Crippen LogP contribution in [0.15, 0.2) is 61.4 Å². The number of nitrogens with zero attached hydrogens (tertiary/aromatic N) is 4. The highest BCUT2D eigenvalue weighted by Gasteiger charge is 2.13. The fourth-order valence-corrected chi connectivity index (χ4v) is 2.97. The van der Waals surface area contributed by atoms with Crippen LogP contribution < -0.4 is 5.32 Å². The molecule has 0 spiro atoms. The minimum Gasteiger partial charge on any atom is -0.345 e. The molecule has 0 saturated heterocycles. The van der Waals surface area contributed by atoms with Crippen LogP contribution in [0.3, 0.4) is 0 Å². The molecule has 0 aliphatic heterocycles. The van der Waals surface area contributed by atoms with Crippen molar-refractivity contribution in [2.45, 2.75) is 0 Å². The maximum absolute atomic E-state index is 4.45. The van der Waals surface area contributed by atoms with Gasteiger partial charge in [-0.1, -0.05) is 0 Å². The first kappa shape index (κ1) is 13.7. The van der Waals surface area contributed by atoms with Crippen LogP contribution in [0.4, 0.5) is 11.5 Å². The van der Waals surface area contributed by atoms with Gasteiger partial charge in [-0.2, -0.15) is 5.10 Å². The van der Waals surface area contributed by atoms with E-state index in [0.29, 0.717) is 0 Å². The third kappa shape index (κ3) is 2.29. The number of aromatic nitrogens is 6. The van der Waals surface area contributed by atoms with E-state index < -0.39 is 0 Å². The van der Waals surface area contributed by atoms with Gasteiger partial charge in [0.15, 0.2) is 0 Å². The summed E-state index contributed by atoms with van der Waals surface area (Å²) in [4.78, 5) is 16.1. The van der Waals surface area contributed by atoms with E-state index in [1.165, 1.54) is 0 Å². The molecule has 0 radical (unpaired) electrons. The van der Waals surface area contributed by atoms with Crippen LogP contribution in [0.25, 0.3) is 33.1 Å². The molecule has 7 nitrogen and oxygen atoms in total. The van der Waals surface area contributed by atoms with Gasteiger partial charge in [-0.3, -0.25) is 10.1 Å². The van der Waals surface area contributed by atoms with Crippen LogP contribution in [-0.4, -0.2) is 30.1 Å². The van der Waals surface area contributed by atoms with Crippen molar-refractivity contribution in [1.29, 1.82) is 0 Å². The van der Waals surface area contributed by atoms with Gasteiger partial charge in [-0.15, -0.1) is 0 Å². The highest BCUT2D eigenvalue weighted by molar-refractivity contribution is 6.02. The van der Waals surface area contributed by atoms with Crippen molar-refractivity contribution in [2.24, 2.45) is 0 Å². The Balaban J connectivity index is 1.64. The molecule has 7 heteroatoms. The molecule has 0 unspecified atom stereocenters. The largest absolute Gasteiger partial charge is 0.345 e. The Labute approximate surface area is 142 Å². The third-order valence-electron chi connectivity index (χ3n) is 4.16. The normalized spacial score (nSPS) is 11.2. The Morgan fingerprint density at radius 3 is 2.84 bits per heavy atom. The molecule has 0 amide bonds. The second-order valence-electron chi connectivity index (χ2n) is 5.68. The molecule has 0 aliphatic rings. The Bertz CT molecular complexity index is 1170. The molecule has 25 heavy (non-hydrogen) atoms. The molecule has 0 fully saturated rings. The van der Waals surface area contributed by atoms with Gasteiger partial charge < -0.3 is 10.3 Å². The molecule has 5 aromatic rings. The minimum absolute atomic E-state index is 0.751. The van der Waals surface area contributed by atoms with Crippen LogP contribution in [0.2, 0.25) is 0 Å². The maximum atomic E-state index is 4.45. The zero-order chi connectivity index (χ0) is 16.6. The summed E-state index contributed by atoms with van der Waals surface area (Å²) in [6, 6.07) is 9.95. The maximum Gasteiger partial charge on any atom is 0.143 e. The lowest BCUT2D eigenvalue weighted by molar-refractivity contribution is 1.12. The molecule has 0 saturated carbocycles. The molecule has 0 bridgehead atoms. The number of nitrogens with one attached hydrogen (secondary N) is 3. The number of aromatic amines is 2. The quantitative estimate of drug-likeness (QED) is 0.470. The first-order valence-electron chi connectivity index (χ1n) is 7.81. The highest BCUT2D eigenvalue weighted by Crippen LogP contribution is 2.33. The van der Waals surface area contributed by atoms with Crippen molar-refractivity contribution in [2.75, 3.05) is 5.32 Å². The van der Waals surface area contributed by atoms with E-state index in [1.54, 1.807) is 24.9 Å². The summed E-state index contributed by atoms with van der Waals surface area (Å²) >= 11 is 0. The SMILES string of the molecule is c1cc(-c2c[nH]c3ncnc(Nc4ccc5[nH]ncc5c4)c23)ccn1. The van der Waals surface area contributed by atoms with Gasteiger partial charge in [0.25, 0.3) is 0 Å². The average Bonchev–Trinajstić information content (AvgIpc) is 3.29. The monoisotopic (exact) mass is 327 g/mol. The smallest absolute Gasteiger partial charge is 0.143 e. The van der Waals surface area contributed by atoms with E-state index in [4.69, 9.17) is 0 Å². The van der Waals surface area contributed by atoms with E-state index in [9.17, 15) is 0 Å². The summed E-state index contributed by atoms with van der Waals surface area (Å²) in [6.45, 7) is 0. The first-order valence-corrected chi connectivity index (χ1v) is 7.81. The van der Waals surface area contributed by atoms with Gasteiger partial charge in [0, 0.05) is 35.2 Å². The fourth-order valence-electron chi connectivity index (χ4n) is 2.97. The molecule has 5 rings (SSSR count). The van der Waals surface area contributed by atoms with Crippen LogP contribution in [0.1, 0.15) is 0 Å². The lowest BCUT2D eigenvalue weighted by Crippen LogP contribution is -1.95. The van der Waals surface area contributed by atoms with E-state index in [2.05, 4.69) is 35.5 Å². The predicted octanol–water partition coefficient (Wildman–Crippen LogP) is 3.64. The van der Waals surface area contributed by atoms with Crippen LogP contribution in [-0.2, 0) is 0 Å². The summed E-state index contributed by atoms with van der Waals surface area (Å²) in [5.41, 5.74) is 4.82. The molecule has 0 aliphatic carbocycles. The summed E-state index contributed by atoms with van der Waals surface area (Å²) < 4.78 is 0. The van der Waals surface area contributed by atoms with Crippen LogP contribution >= 0.6 is 0 Å². The lowest BCUT2D eigenvalue weighted by atomic mass is 10.1. The van der Waals surface area contributed by atoms with Gasteiger partial charge in [-0.05, 0) is 35.9 Å². The Hall–Kier alpha value is -3.74. The van der Waals surface area contributed by atoms with Crippen molar-refractivity contribution in [3.63, 3.8) is 0 Å². The second kappa shape index (κ2) is 5.41. The molecule has 120 valence electrons. The lowest BCUT2D eigenvalue weighted by Gasteiger charge is -2.08. The van der Waals surface area contributed by atoms with Crippen molar-refractivity contribution in [3.8, 4) is 11.1 Å². The van der Waals surface area contributed by atoms with E-state index in [-0.39, 0.29) is 0 Å². The number of hydrogen-bond donors (Lipinski definition) is 3. The topological polar surface area (TPSA) is 95.2 Å². The number of benzene rings is 1. The number of anilines is 2. The molecular formula is C18H13N7. The number of pyridine rings is 1. The number of H-pyrrole nitrogens is 2. The summed E-state index contributed by atoms with van der Waals surface area (Å²) in [7, 11) is 0. The molecule has 0 atom stereocenters. The van der Waals surface area contributed by atoms with Crippen molar-refractivity contribution >= 4 is 33.4 Å². The Morgan fingerprint density at radius 1 is 1.00 bits per heavy atom. The standard InChI is InChI=1S/C18H13N7/c1-2-15-12(8-23-25-15)7-13(1)24-18-16-14(11-3-5-19-6-4-11)9-20-17(16)21-10-22-18/h1-10H,(H,23,25)(H2,20,21,22,24). The zero-order valence-corrected chi connectivity index (χ0v) is 13.1. The van der Waals surface area contributed by atoms with Crippen LogP contribution in [0.5, 0.6) is 0 Å². The van der Waals surface area contributed by atoms with Gasteiger partial charge in [-0.25, -0.2) is 9.97 Å². The third-order valence-corrected chi connectivity index (χ3v) is 4.16. The molecule has 3 N–H and O–H groups in total. The molecular weight excluding hydrogens is 314 g/mol. The molecule has 4 aromatic heterocycles. The fraction of sp³-hybridized carbons (Fsp3) is 0. The first-order chi connectivity index (χ1) is 12.4.